The molecule has 2 N–H and O–H groups in total. The van der Waals surface area contributed by atoms with Crippen LogP contribution in [0.15, 0.2) is 0 Å². The maximum atomic E-state index is 9.81. The van der Waals surface area contributed by atoms with E-state index in [1.807, 2.05) is 0 Å². The maximum Gasteiger partial charge on any atom is 0.0613 e. The summed E-state index contributed by atoms with van der Waals surface area (Å²) in [7, 11) is 4.36. The van der Waals surface area contributed by atoms with E-state index in [1.165, 1.54) is 38.9 Å². The largest absolute Gasteiger partial charge is 0.394 e. The van der Waals surface area contributed by atoms with Crippen LogP contribution in [0.5, 0.6) is 0 Å². The Morgan fingerprint density at radius 2 is 1.95 bits per heavy atom. The summed E-state index contributed by atoms with van der Waals surface area (Å²) in [5.41, 5.74) is 0.00115. The minimum absolute atomic E-state index is 0.00115. The van der Waals surface area contributed by atoms with Crippen molar-refractivity contribution in [3.8, 4) is 0 Å². The van der Waals surface area contributed by atoms with Crippen LogP contribution in [0.1, 0.15) is 45.4 Å². The van der Waals surface area contributed by atoms with Gasteiger partial charge in [0.25, 0.3) is 0 Å². The van der Waals surface area contributed by atoms with E-state index in [0.29, 0.717) is 12.6 Å². The van der Waals surface area contributed by atoms with Gasteiger partial charge in [-0.2, -0.15) is 0 Å². The molecule has 124 valence electrons. The van der Waals surface area contributed by atoms with Crippen molar-refractivity contribution in [2.45, 2.75) is 57.0 Å². The average molecular weight is 297 g/mol. The first-order valence-electron chi connectivity index (χ1n) is 8.83. The van der Waals surface area contributed by atoms with Crippen molar-refractivity contribution >= 4 is 0 Å². The zero-order valence-corrected chi connectivity index (χ0v) is 14.3. The van der Waals surface area contributed by atoms with Crippen molar-refractivity contribution in [2.75, 3.05) is 46.9 Å². The number of rotatable bonds is 7. The lowest BCUT2D eigenvalue weighted by molar-refractivity contribution is 0.106. The summed E-state index contributed by atoms with van der Waals surface area (Å²) >= 11 is 0. The summed E-state index contributed by atoms with van der Waals surface area (Å²) in [6, 6.07) is 0.682. The van der Waals surface area contributed by atoms with E-state index in [2.05, 4.69) is 36.1 Å². The number of aliphatic hydroxyl groups excluding tert-OH is 1. The number of piperidine rings is 1. The molecule has 1 heterocycles. The van der Waals surface area contributed by atoms with E-state index in [9.17, 15) is 5.11 Å². The molecule has 2 fully saturated rings. The summed E-state index contributed by atoms with van der Waals surface area (Å²) in [5.74, 6) is 0.874. The van der Waals surface area contributed by atoms with Crippen LogP contribution in [-0.2, 0) is 0 Å². The quantitative estimate of drug-likeness (QED) is 0.748. The van der Waals surface area contributed by atoms with Gasteiger partial charge in [-0.15, -0.1) is 0 Å². The lowest BCUT2D eigenvalue weighted by Gasteiger charge is -2.38. The Morgan fingerprint density at radius 1 is 1.24 bits per heavy atom. The third kappa shape index (κ3) is 4.65. The molecule has 4 nitrogen and oxygen atoms in total. The topological polar surface area (TPSA) is 38.7 Å². The highest BCUT2D eigenvalue weighted by atomic mass is 16.3. The maximum absolute atomic E-state index is 9.81. The predicted octanol–water partition coefficient (Wildman–Crippen LogP) is 1.54. The Morgan fingerprint density at radius 3 is 2.52 bits per heavy atom. The Balaban J connectivity index is 1.79. The van der Waals surface area contributed by atoms with Crippen LogP contribution in [0.2, 0.25) is 0 Å². The molecule has 1 saturated heterocycles. The van der Waals surface area contributed by atoms with Crippen LogP contribution in [0.3, 0.4) is 0 Å². The fraction of sp³-hybridized carbons (Fsp3) is 1.00. The van der Waals surface area contributed by atoms with Gasteiger partial charge in [0.05, 0.1) is 6.61 Å². The van der Waals surface area contributed by atoms with Crippen molar-refractivity contribution in [3.63, 3.8) is 0 Å². The Hall–Kier alpha value is -0.160. The molecule has 0 aromatic carbocycles. The fourth-order valence-corrected chi connectivity index (χ4v) is 4.18. The number of nitrogens with one attached hydrogen (secondary N) is 1. The molecule has 2 atom stereocenters. The first-order chi connectivity index (χ1) is 10.1. The molecule has 0 radical (unpaired) electrons. The van der Waals surface area contributed by atoms with Gasteiger partial charge in [-0.1, -0.05) is 6.92 Å². The molecule has 0 aromatic rings. The van der Waals surface area contributed by atoms with Crippen molar-refractivity contribution in [2.24, 2.45) is 5.92 Å². The lowest BCUT2D eigenvalue weighted by atomic mass is 9.94. The van der Waals surface area contributed by atoms with Gasteiger partial charge in [0.2, 0.25) is 0 Å². The van der Waals surface area contributed by atoms with Crippen molar-refractivity contribution in [3.05, 3.63) is 0 Å². The molecular formula is C17H35N3O. The van der Waals surface area contributed by atoms with Crippen LogP contribution in [0.4, 0.5) is 0 Å². The summed E-state index contributed by atoms with van der Waals surface area (Å²) in [6.07, 6.45) is 7.32. The van der Waals surface area contributed by atoms with Crippen LogP contribution in [0, 0.1) is 5.92 Å². The summed E-state index contributed by atoms with van der Waals surface area (Å²) in [5, 5.41) is 13.4. The molecule has 4 heteroatoms. The van der Waals surface area contributed by atoms with Gasteiger partial charge < -0.3 is 20.2 Å². The molecule has 0 spiro atoms. The van der Waals surface area contributed by atoms with E-state index >= 15 is 0 Å². The fourth-order valence-electron chi connectivity index (χ4n) is 4.18. The van der Waals surface area contributed by atoms with Gasteiger partial charge in [-0.25, -0.2) is 0 Å². The highest BCUT2D eigenvalue weighted by molar-refractivity contribution is 5.00. The summed E-state index contributed by atoms with van der Waals surface area (Å²) in [4.78, 5) is 5.01. The van der Waals surface area contributed by atoms with E-state index in [0.717, 1.165) is 31.7 Å². The third-order valence-electron chi connectivity index (χ3n) is 5.42. The monoisotopic (exact) mass is 297 g/mol. The van der Waals surface area contributed by atoms with Gasteiger partial charge in [0, 0.05) is 18.1 Å². The SMILES string of the molecule is CCCNC1(CO)CCC(N2CCC(CN(C)C)CC2)C1. The lowest BCUT2D eigenvalue weighted by Crippen LogP contribution is -2.49. The molecule has 2 unspecified atom stereocenters. The third-order valence-corrected chi connectivity index (χ3v) is 5.42. The molecule has 2 aliphatic rings. The van der Waals surface area contributed by atoms with E-state index < -0.39 is 0 Å². The van der Waals surface area contributed by atoms with E-state index in [1.54, 1.807) is 0 Å². The summed E-state index contributed by atoms with van der Waals surface area (Å²) in [6.45, 7) is 7.24. The number of likely N-dealkylation sites (tertiary alicyclic amines) is 1. The Labute approximate surface area is 130 Å². The van der Waals surface area contributed by atoms with E-state index in [-0.39, 0.29) is 5.54 Å². The molecule has 1 aliphatic carbocycles. The predicted molar refractivity (Wildman–Crippen MR) is 88.6 cm³/mol. The van der Waals surface area contributed by atoms with Gasteiger partial charge in [-0.05, 0) is 78.2 Å². The van der Waals surface area contributed by atoms with Crippen LogP contribution >= 0.6 is 0 Å². The van der Waals surface area contributed by atoms with Crippen molar-refractivity contribution in [1.29, 1.82) is 0 Å². The number of hydrogen-bond donors (Lipinski definition) is 2. The minimum Gasteiger partial charge on any atom is -0.394 e. The van der Waals surface area contributed by atoms with Gasteiger partial charge in [0.1, 0.15) is 0 Å². The van der Waals surface area contributed by atoms with Crippen molar-refractivity contribution in [1.82, 2.24) is 15.1 Å². The zero-order valence-electron chi connectivity index (χ0n) is 14.3. The average Bonchev–Trinajstić information content (AvgIpc) is 2.90. The number of aliphatic hydroxyl groups is 1. The molecule has 1 aliphatic heterocycles. The van der Waals surface area contributed by atoms with E-state index in [4.69, 9.17) is 0 Å². The Bertz CT molecular complexity index is 302. The van der Waals surface area contributed by atoms with Gasteiger partial charge in [-0.3, -0.25) is 0 Å². The van der Waals surface area contributed by atoms with Crippen LogP contribution in [-0.4, -0.2) is 73.4 Å². The minimum atomic E-state index is 0.00115. The van der Waals surface area contributed by atoms with Crippen LogP contribution in [0.25, 0.3) is 0 Å². The van der Waals surface area contributed by atoms with Gasteiger partial charge >= 0.3 is 0 Å². The molecule has 0 amide bonds. The van der Waals surface area contributed by atoms with Crippen LogP contribution < -0.4 is 5.32 Å². The second-order valence-corrected chi connectivity index (χ2v) is 7.50. The van der Waals surface area contributed by atoms with Crippen molar-refractivity contribution < 1.29 is 5.11 Å². The molecule has 0 aromatic heterocycles. The first-order valence-corrected chi connectivity index (χ1v) is 8.83. The standard InChI is InChI=1S/C17H35N3O/c1-4-9-18-17(14-21)8-5-16(12-17)20-10-6-15(7-11-20)13-19(2)3/h15-16,18,21H,4-14H2,1-3H3. The zero-order chi connectivity index (χ0) is 15.3. The number of hydrogen-bond acceptors (Lipinski definition) is 4. The normalized spacial score (nSPS) is 32.1. The number of nitrogens with zero attached hydrogens (tertiary/aromatic N) is 2. The summed E-state index contributed by atoms with van der Waals surface area (Å²) < 4.78 is 0. The molecule has 1 saturated carbocycles. The Kier molecular flexibility index (Phi) is 6.48. The highest BCUT2D eigenvalue weighted by Gasteiger charge is 2.40. The molecule has 21 heavy (non-hydrogen) atoms. The molecular weight excluding hydrogens is 262 g/mol. The van der Waals surface area contributed by atoms with Gasteiger partial charge in [0.15, 0.2) is 0 Å². The molecule has 2 rings (SSSR count). The molecule has 0 bridgehead atoms. The first kappa shape index (κ1) is 17.2. The highest BCUT2D eigenvalue weighted by Crippen LogP contribution is 2.34. The second-order valence-electron chi connectivity index (χ2n) is 7.50. The second kappa shape index (κ2) is 7.91. The smallest absolute Gasteiger partial charge is 0.0613 e.